The Labute approximate surface area is 120 Å². The van der Waals surface area contributed by atoms with E-state index in [1.807, 2.05) is 11.8 Å². The Morgan fingerprint density at radius 1 is 1.55 bits per heavy atom. The number of rotatable bonds is 5. The van der Waals surface area contributed by atoms with Crippen molar-refractivity contribution in [2.45, 2.75) is 52.1 Å². The lowest BCUT2D eigenvalue weighted by atomic mass is 10.1. The van der Waals surface area contributed by atoms with Crippen molar-refractivity contribution in [2.75, 3.05) is 13.1 Å². The van der Waals surface area contributed by atoms with Gasteiger partial charge < -0.3 is 9.64 Å². The van der Waals surface area contributed by atoms with Crippen LogP contribution in [0.25, 0.3) is 0 Å². The summed E-state index contributed by atoms with van der Waals surface area (Å²) in [5, 5.41) is 0. The van der Waals surface area contributed by atoms with Gasteiger partial charge in [0.1, 0.15) is 11.9 Å². The van der Waals surface area contributed by atoms with Gasteiger partial charge in [-0.1, -0.05) is 13.3 Å². The number of likely N-dealkylation sites (tertiary alicyclic amines) is 1. The van der Waals surface area contributed by atoms with Crippen molar-refractivity contribution in [2.24, 2.45) is 0 Å². The number of ether oxygens (including phenoxy) is 1. The quantitative estimate of drug-likeness (QED) is 0.829. The summed E-state index contributed by atoms with van der Waals surface area (Å²) >= 11 is 0. The van der Waals surface area contributed by atoms with Crippen LogP contribution in [0, 0.1) is 6.92 Å². The van der Waals surface area contributed by atoms with Crippen LogP contribution in [0.5, 0.6) is 5.88 Å². The van der Waals surface area contributed by atoms with Gasteiger partial charge in [0.25, 0.3) is 0 Å². The molecule has 20 heavy (non-hydrogen) atoms. The summed E-state index contributed by atoms with van der Waals surface area (Å²) in [5.74, 6) is 1.55. The Morgan fingerprint density at radius 3 is 3.15 bits per heavy atom. The molecule has 110 valence electrons. The molecule has 0 radical (unpaired) electrons. The Morgan fingerprint density at radius 2 is 2.40 bits per heavy atom. The van der Waals surface area contributed by atoms with Crippen molar-refractivity contribution < 1.29 is 9.53 Å². The average Bonchev–Trinajstić information content (AvgIpc) is 2.45. The van der Waals surface area contributed by atoms with Crippen molar-refractivity contribution in [1.82, 2.24) is 14.9 Å². The largest absolute Gasteiger partial charge is 0.472 e. The molecule has 0 aliphatic carbocycles. The molecule has 1 saturated heterocycles. The Hall–Kier alpha value is -1.65. The second-order valence-corrected chi connectivity index (χ2v) is 5.27. The third kappa shape index (κ3) is 4.18. The first-order valence-electron chi connectivity index (χ1n) is 7.43. The molecule has 1 atom stereocenters. The van der Waals surface area contributed by atoms with Crippen molar-refractivity contribution in [3.05, 3.63) is 18.1 Å². The highest BCUT2D eigenvalue weighted by Crippen LogP contribution is 2.17. The molecule has 2 heterocycles. The molecule has 0 aromatic carbocycles. The summed E-state index contributed by atoms with van der Waals surface area (Å²) in [6.45, 7) is 5.47. The maximum Gasteiger partial charge on any atom is 0.222 e. The predicted molar refractivity (Wildman–Crippen MR) is 76.5 cm³/mol. The number of aryl methyl sites for hydroxylation is 1. The molecule has 0 bridgehead atoms. The number of aromatic nitrogens is 2. The zero-order valence-electron chi connectivity index (χ0n) is 12.3. The van der Waals surface area contributed by atoms with Crippen LogP contribution in [0.1, 0.15) is 44.9 Å². The van der Waals surface area contributed by atoms with Gasteiger partial charge in [-0.3, -0.25) is 4.79 Å². The Bertz CT molecular complexity index is 450. The highest BCUT2D eigenvalue weighted by molar-refractivity contribution is 5.76. The zero-order valence-corrected chi connectivity index (χ0v) is 12.3. The fourth-order valence-corrected chi connectivity index (χ4v) is 2.42. The fourth-order valence-electron chi connectivity index (χ4n) is 2.42. The molecule has 2 rings (SSSR count). The SMILES string of the molecule is CCCCC(=O)N1CCCC(Oc2ccnc(C)n2)C1. The topological polar surface area (TPSA) is 55.3 Å². The molecule has 1 amide bonds. The standard InChI is InChI=1S/C15H23N3O2/c1-3-4-7-15(19)18-10-5-6-13(11-18)20-14-8-9-16-12(2)17-14/h8-9,13H,3-7,10-11H2,1-2H3. The maximum atomic E-state index is 12.1. The van der Waals surface area contributed by atoms with Gasteiger partial charge in [-0.05, 0) is 26.2 Å². The summed E-state index contributed by atoms with van der Waals surface area (Å²) in [6.07, 6.45) is 6.38. The minimum atomic E-state index is 0.0450. The molecule has 0 N–H and O–H groups in total. The van der Waals surface area contributed by atoms with Crippen LogP contribution in [0.3, 0.4) is 0 Å². The predicted octanol–water partition coefficient (Wildman–Crippen LogP) is 2.35. The molecule has 0 spiro atoms. The van der Waals surface area contributed by atoms with Crippen LogP contribution in [0.15, 0.2) is 12.3 Å². The Kier molecular flexibility index (Phi) is 5.32. The van der Waals surface area contributed by atoms with E-state index in [0.717, 1.165) is 32.2 Å². The van der Waals surface area contributed by atoms with Crippen LogP contribution in [-0.2, 0) is 4.79 Å². The zero-order chi connectivity index (χ0) is 14.4. The van der Waals surface area contributed by atoms with Gasteiger partial charge in [0.2, 0.25) is 11.8 Å². The van der Waals surface area contributed by atoms with E-state index < -0.39 is 0 Å². The lowest BCUT2D eigenvalue weighted by Crippen LogP contribution is -2.44. The molecular weight excluding hydrogens is 254 g/mol. The van der Waals surface area contributed by atoms with E-state index in [-0.39, 0.29) is 12.0 Å². The lowest BCUT2D eigenvalue weighted by molar-refractivity contribution is -0.134. The Balaban J connectivity index is 1.88. The summed E-state index contributed by atoms with van der Waals surface area (Å²) in [4.78, 5) is 22.3. The first-order valence-corrected chi connectivity index (χ1v) is 7.43. The van der Waals surface area contributed by atoms with Gasteiger partial charge in [-0.2, -0.15) is 4.98 Å². The molecule has 0 saturated carbocycles. The van der Waals surface area contributed by atoms with E-state index in [9.17, 15) is 4.79 Å². The molecule has 5 nitrogen and oxygen atoms in total. The highest BCUT2D eigenvalue weighted by Gasteiger charge is 2.24. The van der Waals surface area contributed by atoms with Crippen molar-refractivity contribution >= 4 is 5.91 Å². The number of hydrogen-bond acceptors (Lipinski definition) is 4. The minimum absolute atomic E-state index is 0.0450. The van der Waals surface area contributed by atoms with Crippen LogP contribution < -0.4 is 4.74 Å². The van der Waals surface area contributed by atoms with E-state index in [1.54, 1.807) is 12.3 Å². The number of hydrogen-bond donors (Lipinski definition) is 0. The summed E-state index contributed by atoms with van der Waals surface area (Å²) in [6, 6.07) is 1.77. The third-order valence-corrected chi connectivity index (χ3v) is 3.51. The van der Waals surface area contributed by atoms with E-state index >= 15 is 0 Å². The number of carbonyl (C=O) groups is 1. The summed E-state index contributed by atoms with van der Waals surface area (Å²) < 4.78 is 5.88. The average molecular weight is 277 g/mol. The highest BCUT2D eigenvalue weighted by atomic mass is 16.5. The second-order valence-electron chi connectivity index (χ2n) is 5.27. The van der Waals surface area contributed by atoms with E-state index in [4.69, 9.17) is 4.74 Å². The minimum Gasteiger partial charge on any atom is -0.472 e. The summed E-state index contributed by atoms with van der Waals surface area (Å²) in [5.41, 5.74) is 0. The molecule has 5 heteroatoms. The first kappa shape index (κ1) is 14.8. The van der Waals surface area contributed by atoms with Gasteiger partial charge in [0.05, 0.1) is 6.54 Å². The van der Waals surface area contributed by atoms with Crippen LogP contribution >= 0.6 is 0 Å². The van der Waals surface area contributed by atoms with Gasteiger partial charge in [-0.25, -0.2) is 4.98 Å². The lowest BCUT2D eigenvalue weighted by Gasteiger charge is -2.32. The van der Waals surface area contributed by atoms with Gasteiger partial charge in [0.15, 0.2) is 0 Å². The van der Waals surface area contributed by atoms with E-state index in [1.165, 1.54) is 0 Å². The maximum absolute atomic E-state index is 12.1. The van der Waals surface area contributed by atoms with Crippen molar-refractivity contribution in [3.8, 4) is 5.88 Å². The number of carbonyl (C=O) groups excluding carboxylic acids is 1. The van der Waals surface area contributed by atoms with Crippen LogP contribution in [0.2, 0.25) is 0 Å². The number of nitrogens with zero attached hydrogens (tertiary/aromatic N) is 3. The molecule has 1 aromatic heterocycles. The fraction of sp³-hybridized carbons (Fsp3) is 0.667. The third-order valence-electron chi connectivity index (χ3n) is 3.51. The van der Waals surface area contributed by atoms with E-state index in [0.29, 0.717) is 24.7 Å². The van der Waals surface area contributed by atoms with Gasteiger partial charge in [0, 0.05) is 25.2 Å². The van der Waals surface area contributed by atoms with Gasteiger partial charge >= 0.3 is 0 Å². The normalized spacial score (nSPS) is 18.9. The first-order chi connectivity index (χ1) is 9.69. The molecule has 1 aliphatic heterocycles. The molecule has 1 aromatic rings. The van der Waals surface area contributed by atoms with Crippen LogP contribution in [0.4, 0.5) is 0 Å². The van der Waals surface area contributed by atoms with Crippen molar-refractivity contribution in [3.63, 3.8) is 0 Å². The smallest absolute Gasteiger partial charge is 0.222 e. The molecule has 1 fully saturated rings. The molecule has 1 aliphatic rings. The number of unbranched alkanes of at least 4 members (excludes halogenated alkanes) is 1. The van der Waals surface area contributed by atoms with Gasteiger partial charge in [-0.15, -0.1) is 0 Å². The molecular formula is C15H23N3O2. The summed E-state index contributed by atoms with van der Waals surface area (Å²) in [7, 11) is 0. The van der Waals surface area contributed by atoms with Crippen LogP contribution in [-0.4, -0.2) is 40.0 Å². The van der Waals surface area contributed by atoms with E-state index in [2.05, 4.69) is 16.9 Å². The molecule has 1 unspecified atom stereocenters. The number of piperidine rings is 1. The van der Waals surface area contributed by atoms with Crippen molar-refractivity contribution in [1.29, 1.82) is 0 Å². The number of amides is 1. The monoisotopic (exact) mass is 277 g/mol. The second kappa shape index (κ2) is 7.22.